The number of carbonyl (C=O) groups is 2. The van der Waals surface area contributed by atoms with E-state index in [0.717, 1.165) is 5.56 Å². The lowest BCUT2D eigenvalue weighted by Crippen LogP contribution is -2.55. The zero-order chi connectivity index (χ0) is 16.6. The number of benzene rings is 1. The molecular formula is C17H24N2O3. The van der Waals surface area contributed by atoms with Crippen molar-refractivity contribution in [2.45, 2.75) is 39.0 Å². The minimum Gasteiger partial charge on any atom is -0.378 e. The molecule has 22 heavy (non-hydrogen) atoms. The second-order valence-corrected chi connectivity index (χ2v) is 5.61. The molecule has 120 valence electrons. The minimum absolute atomic E-state index is 0.139. The van der Waals surface area contributed by atoms with E-state index in [0.29, 0.717) is 6.61 Å². The molecule has 0 saturated carbocycles. The van der Waals surface area contributed by atoms with Gasteiger partial charge in [0.25, 0.3) is 0 Å². The first kappa shape index (κ1) is 17.9. The predicted molar refractivity (Wildman–Crippen MR) is 86.1 cm³/mol. The number of rotatable bonds is 9. The van der Waals surface area contributed by atoms with Crippen LogP contribution in [0.15, 0.2) is 43.1 Å². The zero-order valence-corrected chi connectivity index (χ0v) is 13.4. The summed E-state index contributed by atoms with van der Waals surface area (Å²) in [5, 5.41) is 5.55. The maximum atomic E-state index is 12.2. The highest BCUT2D eigenvalue weighted by Gasteiger charge is 2.29. The fraction of sp³-hybridized carbons (Fsp3) is 0.412. The summed E-state index contributed by atoms with van der Waals surface area (Å²) in [5.41, 5.74) is 0.180. The largest absolute Gasteiger partial charge is 0.378 e. The molecule has 0 fully saturated rings. The van der Waals surface area contributed by atoms with Gasteiger partial charge in [0, 0.05) is 0 Å². The van der Waals surface area contributed by atoms with Crippen LogP contribution >= 0.6 is 0 Å². The Hall–Kier alpha value is -2.14. The van der Waals surface area contributed by atoms with Gasteiger partial charge in [-0.05, 0) is 32.5 Å². The first-order chi connectivity index (χ1) is 10.4. The van der Waals surface area contributed by atoms with E-state index in [4.69, 9.17) is 4.74 Å². The summed E-state index contributed by atoms with van der Waals surface area (Å²) in [6, 6.07) is 8.99. The smallest absolute Gasteiger partial charge is 0.245 e. The van der Waals surface area contributed by atoms with Gasteiger partial charge < -0.3 is 15.4 Å². The van der Waals surface area contributed by atoms with Gasteiger partial charge in [-0.25, -0.2) is 0 Å². The molecule has 0 aliphatic heterocycles. The first-order valence-corrected chi connectivity index (χ1v) is 7.18. The quantitative estimate of drug-likeness (QED) is 0.730. The summed E-state index contributed by atoms with van der Waals surface area (Å²) in [5.74, 6) is -0.424. The highest BCUT2D eigenvalue weighted by atomic mass is 16.5. The lowest BCUT2D eigenvalue weighted by Gasteiger charge is -2.26. The Kier molecular flexibility index (Phi) is 6.79. The molecule has 5 heteroatoms. The first-order valence-electron chi connectivity index (χ1n) is 7.18. The van der Waals surface area contributed by atoms with Crippen molar-refractivity contribution >= 4 is 11.7 Å². The summed E-state index contributed by atoms with van der Waals surface area (Å²) < 4.78 is 5.54. The van der Waals surface area contributed by atoms with Crippen LogP contribution in [0.2, 0.25) is 0 Å². The Morgan fingerprint density at radius 3 is 2.50 bits per heavy atom. The van der Waals surface area contributed by atoms with Gasteiger partial charge in [0.1, 0.15) is 11.6 Å². The van der Waals surface area contributed by atoms with E-state index in [2.05, 4.69) is 17.2 Å². The molecule has 0 bridgehead atoms. The van der Waals surface area contributed by atoms with Crippen LogP contribution in [0.4, 0.5) is 0 Å². The van der Waals surface area contributed by atoms with Crippen molar-refractivity contribution < 1.29 is 14.3 Å². The minimum atomic E-state index is -0.838. The maximum absolute atomic E-state index is 12.2. The SMILES string of the molecule is C=CNC(C)(C)C(=O)NC(COCc1ccccc1)C(C)=O. The summed E-state index contributed by atoms with van der Waals surface area (Å²) in [7, 11) is 0. The van der Waals surface area contributed by atoms with Gasteiger partial charge in [-0.2, -0.15) is 0 Å². The Morgan fingerprint density at radius 1 is 1.32 bits per heavy atom. The normalized spacial score (nSPS) is 12.3. The molecular weight excluding hydrogens is 280 g/mol. The van der Waals surface area contributed by atoms with Gasteiger partial charge in [-0.1, -0.05) is 36.9 Å². The summed E-state index contributed by atoms with van der Waals surface area (Å²) >= 11 is 0. The third-order valence-electron chi connectivity index (χ3n) is 3.22. The molecule has 1 aromatic rings. The van der Waals surface area contributed by atoms with Crippen LogP contribution in [-0.4, -0.2) is 29.9 Å². The lowest BCUT2D eigenvalue weighted by molar-refractivity contribution is -0.131. The molecule has 1 rings (SSSR count). The second-order valence-electron chi connectivity index (χ2n) is 5.61. The average Bonchev–Trinajstić information content (AvgIpc) is 2.46. The Morgan fingerprint density at radius 2 is 1.95 bits per heavy atom. The molecule has 0 spiro atoms. The third kappa shape index (κ3) is 5.69. The molecule has 0 aromatic heterocycles. The van der Waals surface area contributed by atoms with Gasteiger partial charge in [-0.15, -0.1) is 0 Å². The van der Waals surface area contributed by atoms with Crippen molar-refractivity contribution in [3.63, 3.8) is 0 Å². The van der Waals surface area contributed by atoms with Crippen molar-refractivity contribution in [3.05, 3.63) is 48.7 Å². The van der Waals surface area contributed by atoms with Crippen LogP contribution in [0.3, 0.4) is 0 Å². The lowest BCUT2D eigenvalue weighted by atomic mass is 10.0. The van der Waals surface area contributed by atoms with Crippen molar-refractivity contribution in [2.24, 2.45) is 0 Å². The fourth-order valence-electron chi connectivity index (χ4n) is 1.79. The number of ether oxygens (including phenoxy) is 1. The number of nitrogens with one attached hydrogen (secondary N) is 2. The Balaban J connectivity index is 2.53. The van der Waals surface area contributed by atoms with E-state index in [1.165, 1.54) is 13.1 Å². The van der Waals surface area contributed by atoms with Crippen LogP contribution in [-0.2, 0) is 20.9 Å². The van der Waals surface area contributed by atoms with Gasteiger partial charge >= 0.3 is 0 Å². The highest BCUT2D eigenvalue weighted by Crippen LogP contribution is 2.05. The summed E-state index contributed by atoms with van der Waals surface area (Å²) in [6.07, 6.45) is 1.45. The predicted octanol–water partition coefficient (Wildman–Crippen LogP) is 1.79. The van der Waals surface area contributed by atoms with Crippen molar-refractivity contribution in [1.29, 1.82) is 0 Å². The molecule has 1 aromatic carbocycles. The number of ketones is 1. The van der Waals surface area contributed by atoms with E-state index in [1.54, 1.807) is 13.8 Å². The average molecular weight is 304 g/mol. The van der Waals surface area contributed by atoms with Crippen LogP contribution < -0.4 is 10.6 Å². The van der Waals surface area contributed by atoms with E-state index in [9.17, 15) is 9.59 Å². The monoisotopic (exact) mass is 304 g/mol. The maximum Gasteiger partial charge on any atom is 0.245 e. The van der Waals surface area contributed by atoms with Gasteiger partial charge in [-0.3, -0.25) is 9.59 Å². The zero-order valence-electron chi connectivity index (χ0n) is 13.4. The van der Waals surface area contributed by atoms with Gasteiger partial charge in [0.2, 0.25) is 5.91 Å². The van der Waals surface area contributed by atoms with Crippen molar-refractivity contribution in [3.8, 4) is 0 Å². The molecule has 1 unspecified atom stereocenters. The summed E-state index contributed by atoms with van der Waals surface area (Å²) in [4.78, 5) is 23.8. The van der Waals surface area contributed by atoms with Crippen LogP contribution in [0.1, 0.15) is 26.3 Å². The van der Waals surface area contributed by atoms with Crippen LogP contribution in [0, 0.1) is 0 Å². The molecule has 2 N–H and O–H groups in total. The molecule has 1 amide bonds. The highest BCUT2D eigenvalue weighted by molar-refractivity contribution is 5.91. The van der Waals surface area contributed by atoms with Crippen LogP contribution in [0.25, 0.3) is 0 Å². The number of carbonyl (C=O) groups excluding carboxylic acids is 2. The molecule has 1 atom stereocenters. The van der Waals surface area contributed by atoms with Gasteiger partial charge in [0.15, 0.2) is 5.78 Å². The molecule has 0 saturated heterocycles. The summed E-state index contributed by atoms with van der Waals surface area (Å²) in [6.45, 7) is 8.94. The number of hydrogen-bond acceptors (Lipinski definition) is 4. The van der Waals surface area contributed by atoms with E-state index >= 15 is 0 Å². The molecule has 0 radical (unpaired) electrons. The molecule has 5 nitrogen and oxygen atoms in total. The van der Waals surface area contributed by atoms with Gasteiger partial charge in [0.05, 0.1) is 13.2 Å². The standard InChI is InChI=1S/C17H24N2O3/c1-5-18-17(3,4)16(21)19-15(13(2)20)12-22-11-14-9-7-6-8-10-14/h5-10,15,18H,1,11-12H2,2-4H3,(H,19,21). The van der Waals surface area contributed by atoms with E-state index in [-0.39, 0.29) is 18.3 Å². The second kappa shape index (κ2) is 8.34. The topological polar surface area (TPSA) is 67.4 Å². The van der Waals surface area contributed by atoms with Crippen molar-refractivity contribution in [1.82, 2.24) is 10.6 Å². The van der Waals surface area contributed by atoms with Crippen LogP contribution in [0.5, 0.6) is 0 Å². The Bertz CT molecular complexity index is 512. The van der Waals surface area contributed by atoms with E-state index < -0.39 is 11.6 Å². The number of hydrogen-bond donors (Lipinski definition) is 2. The van der Waals surface area contributed by atoms with E-state index in [1.807, 2.05) is 30.3 Å². The molecule has 0 aliphatic rings. The fourth-order valence-corrected chi connectivity index (χ4v) is 1.79. The molecule has 0 aliphatic carbocycles. The number of amides is 1. The third-order valence-corrected chi connectivity index (χ3v) is 3.22. The molecule has 0 heterocycles. The number of Topliss-reactive ketones (excluding diaryl/α,β-unsaturated/α-hetero) is 1. The Labute approximate surface area is 131 Å². The van der Waals surface area contributed by atoms with Crippen molar-refractivity contribution in [2.75, 3.05) is 6.61 Å².